The van der Waals surface area contributed by atoms with Gasteiger partial charge in [0.05, 0.1) is 12.5 Å². The van der Waals surface area contributed by atoms with Crippen LogP contribution in [0.1, 0.15) is 46.0 Å². The van der Waals surface area contributed by atoms with Gasteiger partial charge in [0.1, 0.15) is 18.1 Å². The Hall–Kier alpha value is -3.95. The summed E-state index contributed by atoms with van der Waals surface area (Å²) >= 11 is 0. The predicted molar refractivity (Wildman–Crippen MR) is 127 cm³/mol. The van der Waals surface area contributed by atoms with E-state index in [1.54, 1.807) is 13.8 Å². The molecule has 0 spiro atoms. The molecule has 13 N–H and O–H groups in total. The smallest absolute Gasteiger partial charge is 0.326 e. The van der Waals surface area contributed by atoms with Gasteiger partial charge in [-0.05, 0) is 25.2 Å². The number of guanidine groups is 1. The first-order valence-corrected chi connectivity index (χ1v) is 11.1. The number of carboxylic acids is 2. The molecule has 0 bridgehead atoms. The van der Waals surface area contributed by atoms with Gasteiger partial charge < -0.3 is 49.1 Å². The number of aliphatic carboxylic acids is 2. The van der Waals surface area contributed by atoms with Crippen LogP contribution in [-0.4, -0.2) is 82.5 Å². The fourth-order valence-electron chi connectivity index (χ4n) is 2.91. The summed E-state index contributed by atoms with van der Waals surface area (Å²) in [6.45, 7) is 3.34. The van der Waals surface area contributed by atoms with Gasteiger partial charge in [0.25, 0.3) is 0 Å². The minimum absolute atomic E-state index is 0.0197. The Bertz CT molecular complexity index is 844. The van der Waals surface area contributed by atoms with Crippen molar-refractivity contribution < 1.29 is 39.0 Å². The van der Waals surface area contributed by atoms with E-state index < -0.39 is 72.1 Å². The van der Waals surface area contributed by atoms with Crippen molar-refractivity contribution in [3.8, 4) is 0 Å². The number of carboxylic acid groups (broad SMARTS) is 2. The number of nitrogens with zero attached hydrogens (tertiary/aromatic N) is 1. The number of rotatable bonds is 17. The van der Waals surface area contributed by atoms with E-state index in [-0.39, 0.29) is 38.2 Å². The normalized spacial score (nSPS) is 14.0. The minimum atomic E-state index is -1.63. The van der Waals surface area contributed by atoms with Gasteiger partial charge in [-0.3, -0.25) is 29.0 Å². The quantitative estimate of drug-likeness (QED) is 0.0514. The minimum Gasteiger partial charge on any atom is -0.481 e. The highest BCUT2D eigenvalue weighted by atomic mass is 16.4. The van der Waals surface area contributed by atoms with Crippen LogP contribution >= 0.6 is 0 Å². The molecule has 0 fully saturated rings. The summed E-state index contributed by atoms with van der Waals surface area (Å²) in [7, 11) is 0. The maximum Gasteiger partial charge on any atom is 0.326 e. The average molecular weight is 517 g/mol. The number of amides is 4. The Labute approximate surface area is 207 Å². The van der Waals surface area contributed by atoms with Crippen molar-refractivity contribution in [2.45, 2.75) is 70.1 Å². The lowest BCUT2D eigenvalue weighted by Crippen LogP contribution is -2.58. The van der Waals surface area contributed by atoms with Crippen molar-refractivity contribution in [2.24, 2.45) is 33.8 Å². The summed E-state index contributed by atoms with van der Waals surface area (Å²) in [5.74, 6) is -6.69. The number of carbonyl (C=O) groups excluding carboxylic acids is 4. The fourth-order valence-corrected chi connectivity index (χ4v) is 2.91. The van der Waals surface area contributed by atoms with Gasteiger partial charge in [0.2, 0.25) is 23.6 Å². The van der Waals surface area contributed by atoms with Gasteiger partial charge >= 0.3 is 11.9 Å². The molecule has 204 valence electrons. The molecule has 0 aromatic rings. The third-order valence-corrected chi connectivity index (χ3v) is 4.85. The van der Waals surface area contributed by atoms with Crippen LogP contribution in [0, 0.1) is 5.92 Å². The fraction of sp³-hybridized carbons (Fsp3) is 0.650. The molecule has 0 saturated carbocycles. The highest BCUT2D eigenvalue weighted by Gasteiger charge is 2.32. The molecule has 0 aromatic heterocycles. The van der Waals surface area contributed by atoms with Gasteiger partial charge in [-0.25, -0.2) is 4.79 Å². The van der Waals surface area contributed by atoms with Crippen LogP contribution < -0.4 is 38.9 Å². The SMILES string of the molecule is CC(C)C(NC(=O)C(N)CCC(=O)O)C(=O)NC(CCCN=C(N)N)C(=O)NC(CC(N)=O)C(=O)O. The number of hydrogen-bond acceptors (Lipinski definition) is 8. The Kier molecular flexibility index (Phi) is 14.1. The molecule has 0 heterocycles. The van der Waals surface area contributed by atoms with E-state index in [0.717, 1.165) is 0 Å². The molecular weight excluding hydrogens is 480 g/mol. The number of aliphatic imine (C=N–C) groups is 1. The Morgan fingerprint density at radius 3 is 1.89 bits per heavy atom. The lowest BCUT2D eigenvalue weighted by atomic mass is 10.0. The second-order valence-electron chi connectivity index (χ2n) is 8.35. The molecule has 0 rings (SSSR count). The molecule has 0 saturated heterocycles. The van der Waals surface area contributed by atoms with Gasteiger partial charge in [-0.15, -0.1) is 0 Å². The molecule has 4 atom stereocenters. The topological polar surface area (TPSA) is 295 Å². The predicted octanol–water partition coefficient (Wildman–Crippen LogP) is -3.70. The van der Waals surface area contributed by atoms with E-state index in [2.05, 4.69) is 20.9 Å². The molecule has 4 amide bonds. The summed E-state index contributed by atoms with van der Waals surface area (Å²) in [5, 5.41) is 25.0. The van der Waals surface area contributed by atoms with Gasteiger partial charge in [0.15, 0.2) is 5.96 Å². The molecule has 16 heteroatoms. The van der Waals surface area contributed by atoms with E-state index in [9.17, 15) is 33.9 Å². The Morgan fingerprint density at radius 1 is 0.833 bits per heavy atom. The Balaban J connectivity index is 5.56. The first-order chi connectivity index (χ1) is 16.6. The summed E-state index contributed by atoms with van der Waals surface area (Å²) in [4.78, 5) is 75.1. The summed E-state index contributed by atoms with van der Waals surface area (Å²) in [6, 6.07) is -5.23. The van der Waals surface area contributed by atoms with Gasteiger partial charge in [-0.2, -0.15) is 0 Å². The zero-order valence-electron chi connectivity index (χ0n) is 20.2. The number of primary amides is 1. The van der Waals surface area contributed by atoms with Gasteiger partial charge in [0, 0.05) is 13.0 Å². The van der Waals surface area contributed by atoms with Crippen molar-refractivity contribution in [3.05, 3.63) is 0 Å². The second kappa shape index (κ2) is 15.9. The lowest BCUT2D eigenvalue weighted by molar-refractivity contribution is -0.144. The monoisotopic (exact) mass is 516 g/mol. The van der Waals surface area contributed by atoms with Crippen LogP contribution in [0.25, 0.3) is 0 Å². The van der Waals surface area contributed by atoms with E-state index >= 15 is 0 Å². The van der Waals surface area contributed by atoms with Crippen molar-refractivity contribution in [2.75, 3.05) is 6.54 Å². The molecule has 36 heavy (non-hydrogen) atoms. The number of nitrogens with two attached hydrogens (primary N) is 4. The maximum absolute atomic E-state index is 13.0. The zero-order valence-corrected chi connectivity index (χ0v) is 20.2. The van der Waals surface area contributed by atoms with Crippen molar-refractivity contribution >= 4 is 41.5 Å². The molecule has 0 aliphatic carbocycles. The molecule has 0 aromatic carbocycles. The first kappa shape index (κ1) is 32.0. The zero-order chi connectivity index (χ0) is 28.0. The number of hydrogen-bond donors (Lipinski definition) is 9. The lowest BCUT2D eigenvalue weighted by Gasteiger charge is -2.27. The van der Waals surface area contributed by atoms with E-state index in [4.69, 9.17) is 28.0 Å². The molecule has 0 aliphatic rings. The van der Waals surface area contributed by atoms with Crippen LogP contribution in [0.15, 0.2) is 4.99 Å². The highest BCUT2D eigenvalue weighted by molar-refractivity contribution is 5.95. The number of carbonyl (C=O) groups is 6. The largest absolute Gasteiger partial charge is 0.481 e. The first-order valence-electron chi connectivity index (χ1n) is 11.1. The van der Waals surface area contributed by atoms with E-state index in [0.29, 0.717) is 0 Å². The molecular formula is C20H36N8O8. The van der Waals surface area contributed by atoms with E-state index in [1.807, 2.05) is 0 Å². The molecule has 0 aliphatic heterocycles. The average Bonchev–Trinajstić information content (AvgIpc) is 2.75. The van der Waals surface area contributed by atoms with Crippen LogP contribution in [0.2, 0.25) is 0 Å². The van der Waals surface area contributed by atoms with E-state index in [1.165, 1.54) is 0 Å². The molecule has 4 unspecified atom stereocenters. The molecule has 16 nitrogen and oxygen atoms in total. The third-order valence-electron chi connectivity index (χ3n) is 4.85. The van der Waals surface area contributed by atoms with Gasteiger partial charge in [-0.1, -0.05) is 13.8 Å². The summed E-state index contributed by atoms with van der Waals surface area (Å²) in [5.41, 5.74) is 21.2. The third kappa shape index (κ3) is 13.1. The maximum atomic E-state index is 13.0. The Morgan fingerprint density at radius 2 is 1.42 bits per heavy atom. The van der Waals surface area contributed by atoms with Crippen LogP contribution in [0.5, 0.6) is 0 Å². The summed E-state index contributed by atoms with van der Waals surface area (Å²) in [6.07, 6.45) is -0.980. The van der Waals surface area contributed by atoms with Crippen molar-refractivity contribution in [1.29, 1.82) is 0 Å². The van der Waals surface area contributed by atoms with Crippen molar-refractivity contribution in [1.82, 2.24) is 16.0 Å². The molecule has 0 radical (unpaired) electrons. The van der Waals surface area contributed by atoms with Crippen LogP contribution in [0.4, 0.5) is 0 Å². The summed E-state index contributed by atoms with van der Waals surface area (Å²) < 4.78 is 0. The highest BCUT2D eigenvalue weighted by Crippen LogP contribution is 2.07. The standard InChI is InChI=1S/C20H36N8O8/c1-9(2)15(28-16(32)10(21)5-6-14(30)31)18(34)26-11(4-3-7-25-20(23)24)17(33)27-12(19(35)36)8-13(22)29/h9-12,15H,3-8,21H2,1-2H3,(H2,22,29)(H,26,34)(H,27,33)(H,28,32)(H,30,31)(H,35,36)(H4,23,24,25). The van der Waals surface area contributed by atoms with Crippen molar-refractivity contribution in [3.63, 3.8) is 0 Å². The van der Waals surface area contributed by atoms with Crippen LogP contribution in [-0.2, 0) is 28.8 Å². The second-order valence-corrected chi connectivity index (χ2v) is 8.35. The number of nitrogens with one attached hydrogen (secondary N) is 3. The van der Waals surface area contributed by atoms with Crippen LogP contribution in [0.3, 0.4) is 0 Å².